The van der Waals surface area contributed by atoms with E-state index in [0.717, 1.165) is 5.56 Å². The summed E-state index contributed by atoms with van der Waals surface area (Å²) in [7, 11) is -2.52. The first kappa shape index (κ1) is 18.1. The third-order valence-corrected chi connectivity index (χ3v) is 5.56. The quantitative estimate of drug-likeness (QED) is 0.288. The summed E-state index contributed by atoms with van der Waals surface area (Å²) in [5.41, 5.74) is 1.39. The van der Waals surface area contributed by atoms with Crippen LogP contribution < -0.4 is 5.32 Å². The number of rotatable bonds is 4. The molecule has 1 heterocycles. The fraction of sp³-hybridized carbons (Fsp3) is 0. The van der Waals surface area contributed by atoms with Gasteiger partial charge in [0, 0.05) is 32.2 Å². The van der Waals surface area contributed by atoms with Gasteiger partial charge in [0.15, 0.2) is 0 Å². The van der Waals surface area contributed by atoms with E-state index in [1.165, 1.54) is 35.7 Å². The third-order valence-electron chi connectivity index (χ3n) is 3.89. The number of nitro benzene ring substituents is 1. The molecule has 0 saturated heterocycles. The largest absolute Gasteiger partial charge is 0.321 e. The average molecular weight is 379 g/mol. The molecule has 2 aromatic carbocycles. The van der Waals surface area contributed by atoms with Crippen LogP contribution in [0.4, 0.5) is 11.4 Å². The van der Waals surface area contributed by atoms with E-state index in [1.54, 1.807) is 24.3 Å². The Hall–Kier alpha value is -3.70. The summed E-state index contributed by atoms with van der Waals surface area (Å²) >= 11 is 0. The Kier molecular flexibility index (Phi) is 4.62. The first-order valence-corrected chi connectivity index (χ1v) is 9.46. The molecule has 27 heavy (non-hydrogen) atoms. The van der Waals surface area contributed by atoms with E-state index in [2.05, 4.69) is 11.2 Å². The number of nitriles is 1. The molecule has 1 atom stereocenters. The van der Waals surface area contributed by atoms with E-state index in [0.29, 0.717) is 16.1 Å². The zero-order valence-corrected chi connectivity index (χ0v) is 14.7. The van der Waals surface area contributed by atoms with Crippen molar-refractivity contribution in [3.05, 3.63) is 74.7 Å². The van der Waals surface area contributed by atoms with E-state index in [4.69, 9.17) is 0 Å². The summed E-state index contributed by atoms with van der Waals surface area (Å²) in [5.74, 6) is 3.03. The lowest BCUT2D eigenvalue weighted by atomic mass is 10.1. The average Bonchev–Trinajstić information content (AvgIpc) is 2.94. The minimum atomic E-state index is -2.52. The molecule has 134 valence electrons. The van der Waals surface area contributed by atoms with Gasteiger partial charge in [-0.25, -0.2) is 0 Å². The molecule has 0 spiro atoms. The Labute approximate surface area is 155 Å². The van der Waals surface area contributed by atoms with Gasteiger partial charge in [0.1, 0.15) is 11.6 Å². The first-order chi connectivity index (χ1) is 12.8. The van der Waals surface area contributed by atoms with Crippen LogP contribution >= 0.6 is 0 Å². The van der Waals surface area contributed by atoms with Crippen LogP contribution in [0.2, 0.25) is 0 Å². The van der Waals surface area contributed by atoms with Crippen LogP contribution in [-0.2, 0) is 14.3 Å². The molecule has 1 aliphatic heterocycles. The number of nitrogens with one attached hydrogen (secondary N) is 1. The maximum atomic E-state index is 12.4. The van der Waals surface area contributed by atoms with Gasteiger partial charge in [-0.2, -0.15) is 5.26 Å². The van der Waals surface area contributed by atoms with Crippen LogP contribution in [0.3, 0.4) is 0 Å². The summed E-state index contributed by atoms with van der Waals surface area (Å²) in [4.78, 5) is 23.0. The maximum Gasteiger partial charge on any atom is 0.269 e. The van der Waals surface area contributed by atoms with Gasteiger partial charge < -0.3 is 5.32 Å². The van der Waals surface area contributed by atoms with Gasteiger partial charge in [-0.1, -0.05) is 6.07 Å². The van der Waals surface area contributed by atoms with Crippen molar-refractivity contribution in [2.75, 3.05) is 5.32 Å². The zero-order chi connectivity index (χ0) is 19.6. The first-order valence-electron chi connectivity index (χ1n) is 7.67. The van der Waals surface area contributed by atoms with Crippen molar-refractivity contribution >= 4 is 44.8 Å². The van der Waals surface area contributed by atoms with Crippen LogP contribution in [0.15, 0.2) is 58.3 Å². The minimum absolute atomic E-state index is 0.0846. The van der Waals surface area contributed by atoms with Crippen LogP contribution in [0, 0.1) is 21.4 Å². The number of hydrogen-bond donors (Lipinski definition) is 1. The molecule has 0 radical (unpaired) electrons. The number of non-ortho nitro benzene ring substituents is 1. The summed E-state index contributed by atoms with van der Waals surface area (Å²) < 4.78 is 12.3. The molecule has 0 fully saturated rings. The molecule has 0 aromatic heterocycles. The Bertz CT molecular complexity index is 1150. The van der Waals surface area contributed by atoms with E-state index >= 15 is 0 Å². The van der Waals surface area contributed by atoms with E-state index < -0.39 is 20.4 Å². The second-order valence-electron chi connectivity index (χ2n) is 5.75. The zero-order valence-electron chi connectivity index (χ0n) is 13.9. The van der Waals surface area contributed by atoms with Gasteiger partial charge in [0.25, 0.3) is 11.6 Å². The molecular formula is C19H13N3O4S. The topological polar surface area (TPSA) is 113 Å². The summed E-state index contributed by atoms with van der Waals surface area (Å²) in [6.45, 7) is 0. The highest BCUT2D eigenvalue weighted by molar-refractivity contribution is 8.03. The van der Waals surface area contributed by atoms with Crippen molar-refractivity contribution in [2.45, 2.75) is 4.90 Å². The molecule has 0 aliphatic carbocycles. The fourth-order valence-corrected chi connectivity index (χ4v) is 3.89. The van der Waals surface area contributed by atoms with Crippen molar-refractivity contribution in [1.82, 2.24) is 0 Å². The number of amides is 1. The number of carbonyl (C=O) groups is 1. The maximum absolute atomic E-state index is 12.4. The van der Waals surface area contributed by atoms with E-state index in [1.807, 2.05) is 6.07 Å². The number of anilines is 1. The summed E-state index contributed by atoms with van der Waals surface area (Å²) in [6.07, 6.45) is 3.05. The van der Waals surface area contributed by atoms with Crippen LogP contribution in [-0.4, -0.2) is 20.9 Å². The van der Waals surface area contributed by atoms with E-state index in [9.17, 15) is 24.4 Å². The Morgan fingerprint density at radius 3 is 2.59 bits per heavy atom. The van der Waals surface area contributed by atoms with Gasteiger partial charge in [-0.05, 0) is 58.8 Å². The molecule has 8 heteroatoms. The number of hydrogen-bond acceptors (Lipinski definition) is 5. The molecule has 1 aliphatic rings. The molecule has 0 bridgehead atoms. The SMILES string of the molecule is C=S1(=O)C=Cc2ccc(NC(=O)/C(C#N)=C/c3ccc([N+](=O)[O-])cc3)cc21. The highest BCUT2D eigenvalue weighted by atomic mass is 32.2. The van der Waals surface area contributed by atoms with Crippen LogP contribution in [0.5, 0.6) is 0 Å². The number of benzene rings is 2. The lowest BCUT2D eigenvalue weighted by molar-refractivity contribution is -0.384. The van der Waals surface area contributed by atoms with Crippen LogP contribution in [0.1, 0.15) is 11.1 Å². The molecule has 7 nitrogen and oxygen atoms in total. The van der Waals surface area contributed by atoms with Crippen molar-refractivity contribution in [2.24, 2.45) is 0 Å². The number of fused-ring (bicyclic) bond motifs is 1. The second-order valence-corrected chi connectivity index (χ2v) is 7.92. The molecule has 0 saturated carbocycles. The standard InChI is InChI=1S/C19H13N3O4S/c1-27(26)9-8-14-4-5-16(11-18(14)27)21-19(23)15(12-20)10-13-2-6-17(7-3-13)22(24)25/h2-11H,1H2,(H,21,23)/b15-10+. The van der Waals surface area contributed by atoms with Crippen molar-refractivity contribution in [3.63, 3.8) is 0 Å². The predicted molar refractivity (Wildman–Crippen MR) is 104 cm³/mol. The van der Waals surface area contributed by atoms with Crippen molar-refractivity contribution < 1.29 is 13.9 Å². The van der Waals surface area contributed by atoms with Gasteiger partial charge >= 0.3 is 0 Å². The second kappa shape index (κ2) is 6.90. The highest BCUT2D eigenvalue weighted by Gasteiger charge is 2.17. The molecule has 2 aromatic rings. The van der Waals surface area contributed by atoms with Crippen molar-refractivity contribution in [1.29, 1.82) is 5.26 Å². The summed E-state index contributed by atoms with van der Waals surface area (Å²) in [6, 6.07) is 12.2. The lowest BCUT2D eigenvalue weighted by Crippen LogP contribution is -2.13. The molecule has 3 rings (SSSR count). The Morgan fingerprint density at radius 2 is 1.96 bits per heavy atom. The highest BCUT2D eigenvalue weighted by Crippen LogP contribution is 2.29. The van der Waals surface area contributed by atoms with E-state index in [-0.39, 0.29) is 11.3 Å². The molecule has 1 unspecified atom stereocenters. The monoisotopic (exact) mass is 379 g/mol. The van der Waals surface area contributed by atoms with Gasteiger partial charge in [0.05, 0.1) is 4.92 Å². The van der Waals surface area contributed by atoms with Gasteiger partial charge in [-0.3, -0.25) is 19.1 Å². The number of carbonyl (C=O) groups excluding carboxylic acids is 1. The van der Waals surface area contributed by atoms with Gasteiger partial charge in [0.2, 0.25) is 0 Å². The summed E-state index contributed by atoms with van der Waals surface area (Å²) in [5, 5.41) is 24.1. The Morgan fingerprint density at radius 1 is 1.26 bits per heavy atom. The molecular weight excluding hydrogens is 366 g/mol. The minimum Gasteiger partial charge on any atom is -0.321 e. The number of nitrogens with zero attached hydrogens (tertiary/aromatic N) is 2. The normalized spacial score (nSPS) is 17.8. The number of nitro groups is 1. The lowest BCUT2D eigenvalue weighted by Gasteiger charge is -2.08. The third kappa shape index (κ3) is 3.78. The molecule has 1 N–H and O–H groups in total. The Balaban J connectivity index is 1.82. The smallest absolute Gasteiger partial charge is 0.269 e. The molecule has 1 amide bonds. The van der Waals surface area contributed by atoms with Crippen LogP contribution in [0.25, 0.3) is 12.2 Å². The predicted octanol–water partition coefficient (Wildman–Crippen LogP) is 3.20. The van der Waals surface area contributed by atoms with Gasteiger partial charge in [-0.15, -0.1) is 0 Å². The fourth-order valence-electron chi connectivity index (χ4n) is 2.51. The van der Waals surface area contributed by atoms with Crippen molar-refractivity contribution in [3.8, 4) is 6.07 Å².